The number of nitrogen functional groups attached to an aromatic ring is 2. The highest BCUT2D eigenvalue weighted by Gasteiger charge is 2.18. The summed E-state index contributed by atoms with van der Waals surface area (Å²) in [5.74, 6) is 1.03. The summed E-state index contributed by atoms with van der Waals surface area (Å²) in [6, 6.07) is 9.38. The van der Waals surface area contributed by atoms with Crippen LogP contribution in [-0.2, 0) is 21.1 Å². The van der Waals surface area contributed by atoms with Gasteiger partial charge in [0.05, 0.1) is 19.0 Å². The van der Waals surface area contributed by atoms with Gasteiger partial charge in [-0.05, 0) is 37.3 Å². The molecule has 0 saturated heterocycles. The molecule has 1 aromatic carbocycles. The van der Waals surface area contributed by atoms with Gasteiger partial charge >= 0.3 is 0 Å². The molecule has 0 aliphatic rings. The molecule has 1 unspecified atom stereocenters. The fourth-order valence-electron chi connectivity index (χ4n) is 2.59. The van der Waals surface area contributed by atoms with Gasteiger partial charge in [0.15, 0.2) is 11.5 Å². The minimum Gasteiger partial charge on any atom is -0.446 e. The van der Waals surface area contributed by atoms with Crippen LogP contribution in [0.25, 0.3) is 11.2 Å². The Morgan fingerprint density at radius 2 is 1.96 bits per heavy atom. The van der Waals surface area contributed by atoms with Crippen LogP contribution in [-0.4, -0.2) is 32.2 Å². The van der Waals surface area contributed by atoms with Crippen LogP contribution in [0.15, 0.2) is 36.7 Å². The fraction of sp³-hybridized carbons (Fsp3) is 0.353. The van der Waals surface area contributed by atoms with E-state index in [9.17, 15) is 0 Å². The highest BCUT2D eigenvalue weighted by Crippen LogP contribution is 2.29. The number of para-hydroxylation sites is 1. The molecule has 9 nitrogen and oxygen atoms in total. The average Bonchev–Trinajstić information content (AvgIpc) is 3.10. The molecule has 0 aliphatic heterocycles. The second-order valence-electron chi connectivity index (χ2n) is 6.03. The summed E-state index contributed by atoms with van der Waals surface area (Å²) in [7, 11) is -1.85. The van der Waals surface area contributed by atoms with Gasteiger partial charge in [0, 0.05) is 0 Å². The first kappa shape index (κ1) is 20.5. The SMILES string of the molecule is CC[C@@H](CO[PH](=S)Oc1ccccc1)O[C@H](C)n1cnc2c(N)nc(N)nc21. The fourth-order valence-corrected chi connectivity index (χ4v) is 3.80. The Balaban J connectivity index is 1.60. The van der Waals surface area contributed by atoms with Crippen molar-refractivity contribution in [3.05, 3.63) is 36.7 Å². The van der Waals surface area contributed by atoms with Crippen molar-refractivity contribution in [2.45, 2.75) is 32.6 Å². The number of anilines is 2. The summed E-state index contributed by atoms with van der Waals surface area (Å²) < 4.78 is 19.2. The molecule has 28 heavy (non-hydrogen) atoms. The highest BCUT2D eigenvalue weighted by molar-refractivity contribution is 8.00. The number of hydrogen-bond acceptors (Lipinski definition) is 9. The lowest BCUT2D eigenvalue weighted by atomic mass is 10.3. The van der Waals surface area contributed by atoms with Gasteiger partial charge in [0.2, 0.25) is 13.1 Å². The van der Waals surface area contributed by atoms with E-state index >= 15 is 0 Å². The number of nitrogens with two attached hydrogens (primary N) is 2. The van der Waals surface area contributed by atoms with Gasteiger partial charge in [-0.3, -0.25) is 4.57 Å². The summed E-state index contributed by atoms with van der Waals surface area (Å²) in [5, 5.41) is 0. The summed E-state index contributed by atoms with van der Waals surface area (Å²) >= 11 is 5.31. The van der Waals surface area contributed by atoms with Crippen molar-refractivity contribution >= 4 is 41.9 Å². The zero-order valence-electron chi connectivity index (χ0n) is 15.6. The van der Waals surface area contributed by atoms with E-state index in [0.717, 1.165) is 6.42 Å². The number of ether oxygens (including phenoxy) is 1. The Morgan fingerprint density at radius 1 is 1.21 bits per heavy atom. The Hall–Kier alpha value is -2.26. The standard InChI is InChI=1S/C17H23N6O3PS/c1-3-12(9-24-27(28)26-13-7-5-4-6-8-13)25-11(2)23-10-20-14-15(18)21-17(19)22-16(14)23/h4-8,10-12,27H,3,9H2,1-2H3,(H4,18,19,21,22)/t11-,12+/m1/s1. The van der Waals surface area contributed by atoms with Crippen molar-refractivity contribution in [2.24, 2.45) is 0 Å². The van der Waals surface area contributed by atoms with Gasteiger partial charge in [0.1, 0.15) is 17.5 Å². The summed E-state index contributed by atoms with van der Waals surface area (Å²) in [5.41, 5.74) is 12.6. The molecule has 0 saturated carbocycles. The Kier molecular flexibility index (Phi) is 6.79. The molecule has 0 aliphatic carbocycles. The minimum atomic E-state index is -1.85. The molecule has 3 atom stereocenters. The monoisotopic (exact) mass is 422 g/mol. The number of nitrogens with zero attached hydrogens (tertiary/aromatic N) is 4. The van der Waals surface area contributed by atoms with E-state index in [2.05, 4.69) is 15.0 Å². The maximum atomic E-state index is 6.10. The van der Waals surface area contributed by atoms with Gasteiger partial charge in [0.25, 0.3) is 0 Å². The van der Waals surface area contributed by atoms with Gasteiger partial charge in [-0.15, -0.1) is 0 Å². The first-order valence-corrected chi connectivity index (χ1v) is 11.2. The molecule has 4 N–H and O–H groups in total. The molecule has 0 spiro atoms. The molecular formula is C17H23N6O3PS. The van der Waals surface area contributed by atoms with E-state index in [0.29, 0.717) is 23.5 Å². The predicted molar refractivity (Wildman–Crippen MR) is 113 cm³/mol. The van der Waals surface area contributed by atoms with Crippen LogP contribution in [0.4, 0.5) is 11.8 Å². The van der Waals surface area contributed by atoms with Gasteiger partial charge in [-0.1, -0.05) is 25.1 Å². The van der Waals surface area contributed by atoms with E-state index in [1.165, 1.54) is 0 Å². The van der Waals surface area contributed by atoms with Crippen molar-refractivity contribution in [1.82, 2.24) is 19.5 Å². The number of imidazole rings is 1. The number of benzene rings is 1. The third-order valence-electron chi connectivity index (χ3n) is 4.03. The first-order chi connectivity index (χ1) is 13.5. The summed E-state index contributed by atoms with van der Waals surface area (Å²) in [4.78, 5) is 12.4. The topological polar surface area (TPSA) is 123 Å². The average molecular weight is 422 g/mol. The van der Waals surface area contributed by atoms with E-state index in [-0.39, 0.29) is 24.1 Å². The lowest BCUT2D eigenvalue weighted by Gasteiger charge is -2.23. The normalized spacial score (nSPS) is 14.6. The van der Waals surface area contributed by atoms with Crippen molar-refractivity contribution in [2.75, 3.05) is 18.1 Å². The quantitative estimate of drug-likeness (QED) is 0.501. The number of aromatic nitrogens is 4. The zero-order valence-corrected chi connectivity index (χ0v) is 17.4. The molecule has 11 heteroatoms. The highest BCUT2D eigenvalue weighted by atomic mass is 32.4. The Bertz CT molecular complexity index is 955. The summed E-state index contributed by atoms with van der Waals surface area (Å²) in [6.45, 7) is 4.23. The Labute approximate surface area is 168 Å². The zero-order chi connectivity index (χ0) is 20.1. The molecule has 2 aromatic heterocycles. The van der Waals surface area contributed by atoms with Crippen LogP contribution in [0.5, 0.6) is 5.75 Å². The predicted octanol–water partition coefficient (Wildman–Crippen LogP) is 2.91. The van der Waals surface area contributed by atoms with Crippen molar-refractivity contribution in [3.63, 3.8) is 0 Å². The third-order valence-corrected chi connectivity index (χ3v) is 5.44. The number of hydrogen-bond donors (Lipinski definition) is 2. The smallest absolute Gasteiger partial charge is 0.225 e. The molecule has 2 heterocycles. The maximum absolute atomic E-state index is 6.10. The van der Waals surface area contributed by atoms with E-state index in [1.54, 1.807) is 10.9 Å². The van der Waals surface area contributed by atoms with Gasteiger partial charge in [-0.2, -0.15) is 9.97 Å². The molecule has 0 amide bonds. The van der Waals surface area contributed by atoms with Crippen LogP contribution in [0.2, 0.25) is 0 Å². The van der Waals surface area contributed by atoms with Crippen LogP contribution in [0.1, 0.15) is 26.5 Å². The van der Waals surface area contributed by atoms with Crippen molar-refractivity contribution < 1.29 is 13.8 Å². The van der Waals surface area contributed by atoms with Gasteiger partial charge < -0.3 is 25.3 Å². The lowest BCUT2D eigenvalue weighted by molar-refractivity contribution is -0.0594. The first-order valence-electron chi connectivity index (χ1n) is 8.78. The Morgan fingerprint density at radius 3 is 2.68 bits per heavy atom. The second kappa shape index (κ2) is 9.29. The van der Waals surface area contributed by atoms with Crippen LogP contribution < -0.4 is 16.0 Å². The summed E-state index contributed by atoms with van der Waals surface area (Å²) in [6.07, 6.45) is 1.81. The second-order valence-corrected chi connectivity index (χ2v) is 8.03. The minimum absolute atomic E-state index is 0.0886. The van der Waals surface area contributed by atoms with Crippen LogP contribution in [0, 0.1) is 0 Å². The number of rotatable bonds is 9. The molecule has 0 radical (unpaired) electrons. The van der Waals surface area contributed by atoms with Crippen LogP contribution in [0.3, 0.4) is 0 Å². The van der Waals surface area contributed by atoms with E-state index < -0.39 is 7.15 Å². The molecule has 0 bridgehead atoms. The third kappa shape index (κ3) is 4.96. The molecular weight excluding hydrogens is 399 g/mol. The van der Waals surface area contributed by atoms with Crippen molar-refractivity contribution in [3.8, 4) is 5.75 Å². The van der Waals surface area contributed by atoms with Crippen LogP contribution >= 0.6 is 7.15 Å². The molecule has 3 aromatic rings. The van der Waals surface area contributed by atoms with E-state index in [1.807, 2.05) is 44.2 Å². The molecule has 150 valence electrons. The van der Waals surface area contributed by atoms with E-state index in [4.69, 9.17) is 37.1 Å². The largest absolute Gasteiger partial charge is 0.446 e. The van der Waals surface area contributed by atoms with Gasteiger partial charge in [-0.25, -0.2) is 4.98 Å². The maximum Gasteiger partial charge on any atom is 0.225 e. The molecule has 3 rings (SSSR count). The van der Waals surface area contributed by atoms with Crippen molar-refractivity contribution in [1.29, 1.82) is 0 Å². The lowest BCUT2D eigenvalue weighted by Crippen LogP contribution is -2.22. The molecule has 0 fully saturated rings. The number of fused-ring (bicyclic) bond motifs is 1.